The van der Waals surface area contributed by atoms with Gasteiger partial charge in [-0.25, -0.2) is 37.0 Å². The first kappa shape index (κ1) is 35.8. The number of carbonyl (C=O) groups excluding carboxylic acids is 2. The Labute approximate surface area is 245 Å². The molecule has 43 heavy (non-hydrogen) atoms. The van der Waals surface area contributed by atoms with E-state index in [1.165, 1.54) is 17.8 Å². The number of carbonyl (C=O) groups is 2. The van der Waals surface area contributed by atoms with Crippen LogP contribution in [0.5, 0.6) is 5.88 Å². The van der Waals surface area contributed by atoms with Gasteiger partial charge in [0, 0.05) is 7.11 Å². The van der Waals surface area contributed by atoms with E-state index in [0.29, 0.717) is 0 Å². The average Bonchev–Trinajstić information content (AvgIpc) is 3.34. The van der Waals surface area contributed by atoms with Gasteiger partial charge in [0.1, 0.15) is 6.61 Å². The van der Waals surface area contributed by atoms with Crippen molar-refractivity contribution >= 4 is 37.2 Å². The summed E-state index contributed by atoms with van der Waals surface area (Å²) in [5, 5.41) is 0. The molecule has 0 spiro atoms. The van der Waals surface area contributed by atoms with Gasteiger partial charge in [-0.15, -0.1) is 0 Å². The summed E-state index contributed by atoms with van der Waals surface area (Å²) < 4.78 is 89.5. The van der Waals surface area contributed by atoms with Gasteiger partial charge in [0.15, 0.2) is 17.3 Å². The van der Waals surface area contributed by atoms with E-state index in [9.17, 15) is 14.2 Å². The first-order valence-electron chi connectivity index (χ1n) is 12.9. The highest BCUT2D eigenvalue weighted by atomic mass is 31.2. The van der Waals surface area contributed by atoms with Crippen molar-refractivity contribution in [3.05, 3.63) is 6.33 Å². The Morgan fingerprint density at radius 3 is 2.07 bits per heavy atom. The lowest BCUT2D eigenvalue weighted by atomic mass is 10.1. The number of fused-ring (bicyclic) bond motifs is 1. The maximum absolute atomic E-state index is 15.9. The van der Waals surface area contributed by atoms with Gasteiger partial charge in [-0.2, -0.15) is 9.97 Å². The van der Waals surface area contributed by atoms with Crippen LogP contribution >= 0.6 is 7.82 Å². The van der Waals surface area contributed by atoms with Crippen LogP contribution < -0.4 is 10.5 Å². The fraction of sp³-hybridized carbons (Fsp3) is 0.696. The number of hydrogen-bond acceptors (Lipinski definition) is 16. The molecule has 2 N–H and O–H groups in total. The van der Waals surface area contributed by atoms with E-state index in [4.69, 9.17) is 38.3 Å². The van der Waals surface area contributed by atoms with Crippen molar-refractivity contribution in [2.75, 3.05) is 39.6 Å². The van der Waals surface area contributed by atoms with Crippen LogP contribution in [-0.2, 0) is 41.8 Å². The number of rotatable bonds is 17. The molecule has 244 valence electrons. The number of alkyl halides is 2. The van der Waals surface area contributed by atoms with Gasteiger partial charge in [-0.3, -0.25) is 4.52 Å². The van der Waals surface area contributed by atoms with Crippen molar-refractivity contribution in [1.29, 1.82) is 0 Å². The molecule has 0 aliphatic heterocycles. The SMILES string of the molecule is CCOc1nc(N)nc2c1ncn2[C@@H](C)[C@H](F)[C@@](F)(COP(=O)(OCOC(=O)OC(C)C)OCOC(=O)OC(C)C)OC. The third-order valence-electron chi connectivity index (χ3n) is 5.16. The van der Waals surface area contributed by atoms with Crippen LogP contribution in [0.15, 0.2) is 6.33 Å². The van der Waals surface area contributed by atoms with Gasteiger partial charge < -0.3 is 38.7 Å². The van der Waals surface area contributed by atoms with Gasteiger partial charge in [-0.05, 0) is 41.5 Å². The highest BCUT2D eigenvalue weighted by Gasteiger charge is 2.47. The summed E-state index contributed by atoms with van der Waals surface area (Å²) in [5.41, 5.74) is 5.92. The van der Waals surface area contributed by atoms with Crippen LogP contribution in [0.1, 0.15) is 47.6 Å². The molecule has 0 fully saturated rings. The zero-order chi connectivity index (χ0) is 32.4. The predicted molar refractivity (Wildman–Crippen MR) is 142 cm³/mol. The van der Waals surface area contributed by atoms with E-state index >= 15 is 8.78 Å². The van der Waals surface area contributed by atoms with Crippen LogP contribution in [0.2, 0.25) is 0 Å². The van der Waals surface area contributed by atoms with Crippen molar-refractivity contribution in [2.24, 2.45) is 0 Å². The third kappa shape index (κ3) is 10.4. The number of aromatic nitrogens is 4. The maximum atomic E-state index is 15.9. The van der Waals surface area contributed by atoms with Crippen molar-refractivity contribution in [3.63, 3.8) is 0 Å². The number of hydrogen-bond donors (Lipinski definition) is 1. The Balaban J connectivity index is 2.21. The van der Waals surface area contributed by atoms with E-state index in [-0.39, 0.29) is 29.6 Å². The lowest BCUT2D eigenvalue weighted by Crippen LogP contribution is -2.45. The van der Waals surface area contributed by atoms with Crippen molar-refractivity contribution in [3.8, 4) is 5.88 Å². The quantitative estimate of drug-likeness (QED) is 0.146. The summed E-state index contributed by atoms with van der Waals surface area (Å²) in [6.45, 7) is 5.87. The Bertz CT molecular complexity index is 1240. The molecular weight excluding hydrogens is 607 g/mol. The van der Waals surface area contributed by atoms with E-state index in [1.54, 1.807) is 34.6 Å². The van der Waals surface area contributed by atoms with Crippen LogP contribution in [0.4, 0.5) is 24.3 Å². The second-order valence-corrected chi connectivity index (χ2v) is 10.8. The first-order valence-corrected chi connectivity index (χ1v) is 14.3. The average molecular weight is 644 g/mol. The molecule has 0 amide bonds. The number of methoxy groups -OCH3 is 1. The van der Waals surface area contributed by atoms with Gasteiger partial charge >= 0.3 is 20.1 Å². The molecule has 0 saturated heterocycles. The minimum Gasteiger partial charge on any atom is -0.476 e. The monoisotopic (exact) mass is 643 g/mol. The lowest BCUT2D eigenvalue weighted by molar-refractivity contribution is -0.199. The normalized spacial score (nSPS) is 14.8. The largest absolute Gasteiger partial charge is 0.510 e. The second kappa shape index (κ2) is 15.9. The fourth-order valence-corrected chi connectivity index (χ4v) is 4.13. The molecule has 2 rings (SSSR count). The number of phosphoric acid groups is 1. The van der Waals surface area contributed by atoms with Crippen LogP contribution in [0, 0.1) is 0 Å². The highest BCUT2D eigenvalue weighted by molar-refractivity contribution is 7.48. The molecule has 2 heterocycles. The van der Waals surface area contributed by atoms with E-state index in [0.717, 1.165) is 7.11 Å². The lowest BCUT2D eigenvalue weighted by Gasteiger charge is -2.32. The Kier molecular flexibility index (Phi) is 13.2. The second-order valence-electron chi connectivity index (χ2n) is 9.11. The summed E-state index contributed by atoms with van der Waals surface area (Å²) in [6, 6.07) is -1.37. The van der Waals surface area contributed by atoms with Crippen LogP contribution in [0.3, 0.4) is 0 Å². The van der Waals surface area contributed by atoms with Gasteiger partial charge in [-0.1, -0.05) is 0 Å². The topological polar surface area (TPSA) is 204 Å². The van der Waals surface area contributed by atoms with Gasteiger partial charge in [0.2, 0.25) is 25.4 Å². The molecule has 17 nitrogen and oxygen atoms in total. The van der Waals surface area contributed by atoms with E-state index < -0.39 is 70.6 Å². The van der Waals surface area contributed by atoms with E-state index in [1.807, 2.05) is 0 Å². The molecule has 0 aromatic carbocycles. The minimum atomic E-state index is -4.92. The predicted octanol–water partition coefficient (Wildman–Crippen LogP) is 4.21. The molecule has 0 aliphatic rings. The van der Waals surface area contributed by atoms with Crippen LogP contribution in [-0.4, -0.2) is 90.0 Å². The molecule has 2 aromatic heterocycles. The standard InChI is InChI=1S/C23H36F2N5O12P/c1-8-35-19-16-18(28-20(26)29-19)30(10-27-16)15(6)17(24)23(25,34-7)9-38-43(33,39-11-36-21(31)41-13(2)3)40-12-37-22(32)42-14(4)5/h10,13-15,17H,8-9,11-12H2,1-7H3,(H2,26,28,29)/t15-,17-,23+/m0/s1. The summed E-state index contributed by atoms with van der Waals surface area (Å²) in [5.74, 6) is -3.44. The number of halogens is 2. The molecule has 0 unspecified atom stereocenters. The number of anilines is 1. The smallest absolute Gasteiger partial charge is 0.476 e. The zero-order valence-electron chi connectivity index (χ0n) is 24.7. The molecule has 20 heteroatoms. The van der Waals surface area contributed by atoms with Crippen molar-refractivity contribution in [2.45, 2.75) is 71.8 Å². The van der Waals surface area contributed by atoms with Crippen molar-refractivity contribution in [1.82, 2.24) is 19.5 Å². The van der Waals surface area contributed by atoms with Crippen molar-refractivity contribution < 1.29 is 64.9 Å². The summed E-state index contributed by atoms with van der Waals surface area (Å²) >= 11 is 0. The number of phosphoric ester groups is 1. The fourth-order valence-electron chi connectivity index (χ4n) is 3.20. The number of nitrogen functional groups attached to an aromatic ring is 1. The molecule has 0 aliphatic carbocycles. The van der Waals surface area contributed by atoms with Crippen LogP contribution in [0.25, 0.3) is 11.2 Å². The third-order valence-corrected chi connectivity index (χ3v) is 6.45. The highest BCUT2D eigenvalue weighted by Crippen LogP contribution is 2.51. The minimum absolute atomic E-state index is 0.0404. The number of imidazole rings is 1. The molecule has 0 saturated carbocycles. The maximum Gasteiger partial charge on any atom is 0.510 e. The Morgan fingerprint density at radius 2 is 1.58 bits per heavy atom. The number of nitrogens with zero attached hydrogens (tertiary/aromatic N) is 4. The van der Waals surface area contributed by atoms with E-state index in [2.05, 4.69) is 24.4 Å². The zero-order valence-corrected chi connectivity index (χ0v) is 25.6. The number of ether oxygens (including phenoxy) is 6. The molecule has 2 aromatic rings. The number of nitrogens with two attached hydrogens (primary N) is 1. The van der Waals surface area contributed by atoms with Gasteiger partial charge in [0.05, 0.1) is 31.2 Å². The first-order chi connectivity index (χ1) is 20.1. The van der Waals surface area contributed by atoms with Gasteiger partial charge in [0.25, 0.3) is 5.85 Å². The molecule has 0 radical (unpaired) electrons. The summed E-state index contributed by atoms with van der Waals surface area (Å²) in [4.78, 5) is 35.3. The molecule has 0 bridgehead atoms. The molecule has 3 atom stereocenters. The summed E-state index contributed by atoms with van der Waals surface area (Å²) in [6.07, 6.45) is -4.84. The Hall–Kier alpha value is -3.38. The summed E-state index contributed by atoms with van der Waals surface area (Å²) in [7, 11) is -4.09. The molecular formula is C23H36F2N5O12P. The Morgan fingerprint density at radius 1 is 1.02 bits per heavy atom.